The quantitative estimate of drug-likeness (QED) is 0.0862. The summed E-state index contributed by atoms with van der Waals surface area (Å²) in [5.41, 5.74) is 12.3. The number of hydrogen-bond donors (Lipinski definition) is 0. The molecule has 13 aromatic rings. The van der Waals surface area contributed by atoms with Crippen LogP contribution in [0.2, 0.25) is 0 Å². The van der Waals surface area contributed by atoms with E-state index in [9.17, 15) is 0 Å². The zero-order valence-electron chi connectivity index (χ0n) is 41.2. The van der Waals surface area contributed by atoms with E-state index in [2.05, 4.69) is 268 Å². The minimum absolute atomic E-state index is 0.779. The molecule has 0 N–H and O–H groups in total. The Balaban J connectivity index is 0.854. The molecule has 348 valence electrons. The van der Waals surface area contributed by atoms with Crippen molar-refractivity contribution >= 4 is 64.6 Å². The Morgan fingerprint density at radius 1 is 0.292 bits per heavy atom. The maximum Gasteiger partial charge on any atom is 0.244 e. The fourth-order valence-electron chi connectivity index (χ4n) is 11.9. The molecule has 72 heavy (non-hydrogen) atoms. The van der Waals surface area contributed by atoms with Crippen LogP contribution in [0.15, 0.2) is 220 Å². The van der Waals surface area contributed by atoms with E-state index in [-0.39, 0.29) is 0 Å². The predicted octanol–water partition coefficient (Wildman–Crippen LogP) is 13.1. The lowest BCUT2D eigenvalue weighted by atomic mass is 9.87. The molecule has 0 aliphatic heterocycles. The van der Waals surface area contributed by atoms with E-state index in [1.165, 1.54) is 115 Å². The summed E-state index contributed by atoms with van der Waals surface area (Å²) < 4.78 is 14.2. The van der Waals surface area contributed by atoms with Gasteiger partial charge in [-0.25, -0.2) is 27.4 Å². The fraction of sp³-hybridized carbons (Fsp3) is 0.136. The molecular formula is C66H57N6+3. The van der Waals surface area contributed by atoms with Gasteiger partial charge in [-0.05, 0) is 120 Å². The SMILES string of the molecule is Cc1c(Cn2cc[n+](Cc3c4ccccc4cc4ccccc34)c2)c(C)c(Cn2cc[n+](Cc3c4ccccc4cc4ccccc34)c2)c(C)c1Cn1cc[n+](Cc2c3ccccc3cc3ccccc23)c1. The number of fused-ring (bicyclic) bond motifs is 6. The molecule has 0 spiro atoms. The van der Waals surface area contributed by atoms with Crippen molar-refractivity contribution in [1.82, 2.24) is 13.7 Å². The smallest absolute Gasteiger partial charge is 0.233 e. The van der Waals surface area contributed by atoms with Gasteiger partial charge < -0.3 is 0 Å². The van der Waals surface area contributed by atoms with Crippen LogP contribution in [0.4, 0.5) is 0 Å². The molecule has 0 saturated heterocycles. The third kappa shape index (κ3) is 7.90. The highest BCUT2D eigenvalue weighted by Crippen LogP contribution is 2.33. The molecule has 0 amide bonds. The van der Waals surface area contributed by atoms with Gasteiger partial charge >= 0.3 is 0 Å². The van der Waals surface area contributed by atoms with E-state index in [1.54, 1.807) is 0 Å². The topological polar surface area (TPSA) is 26.4 Å². The summed E-state index contributed by atoms with van der Waals surface area (Å²) in [7, 11) is 0. The first kappa shape index (κ1) is 43.4. The van der Waals surface area contributed by atoms with E-state index in [0.717, 1.165) is 39.3 Å². The number of nitrogens with zero attached hydrogens (tertiary/aromatic N) is 6. The summed E-state index contributed by atoms with van der Waals surface area (Å²) in [6.07, 6.45) is 20.4. The van der Waals surface area contributed by atoms with Gasteiger partial charge in [-0.2, -0.15) is 0 Å². The molecule has 0 fully saturated rings. The molecule has 0 saturated carbocycles. The number of rotatable bonds is 12. The monoisotopic (exact) mass is 933 g/mol. The lowest BCUT2D eigenvalue weighted by molar-refractivity contribution is -0.687. The summed E-state index contributed by atoms with van der Waals surface area (Å²) in [5.74, 6) is 0. The largest absolute Gasteiger partial charge is 0.244 e. The molecule has 0 unspecified atom stereocenters. The molecule has 0 bridgehead atoms. The summed E-state index contributed by atoms with van der Waals surface area (Å²) in [6.45, 7) is 11.8. The zero-order valence-corrected chi connectivity index (χ0v) is 41.2. The van der Waals surface area contributed by atoms with Crippen LogP contribution in [0.5, 0.6) is 0 Å². The number of hydrogen-bond acceptors (Lipinski definition) is 0. The van der Waals surface area contributed by atoms with E-state index in [1.807, 2.05) is 0 Å². The first-order chi connectivity index (χ1) is 35.4. The van der Waals surface area contributed by atoms with Crippen LogP contribution in [0.25, 0.3) is 64.6 Å². The molecule has 6 nitrogen and oxygen atoms in total. The van der Waals surface area contributed by atoms with Crippen LogP contribution in [0, 0.1) is 20.8 Å². The van der Waals surface area contributed by atoms with Crippen molar-refractivity contribution in [3.8, 4) is 0 Å². The molecular weight excluding hydrogens is 877 g/mol. The van der Waals surface area contributed by atoms with Gasteiger partial charge in [0, 0.05) is 33.4 Å². The summed E-state index contributed by atoms with van der Waals surface area (Å²) >= 11 is 0. The van der Waals surface area contributed by atoms with Gasteiger partial charge in [-0.3, -0.25) is 0 Å². The Labute approximate surface area is 420 Å². The van der Waals surface area contributed by atoms with Crippen LogP contribution in [-0.2, 0) is 39.3 Å². The second-order valence-electron chi connectivity index (χ2n) is 20.0. The third-order valence-electron chi connectivity index (χ3n) is 15.6. The van der Waals surface area contributed by atoms with Gasteiger partial charge in [0.15, 0.2) is 0 Å². The van der Waals surface area contributed by atoms with Gasteiger partial charge in [0.25, 0.3) is 0 Å². The molecule has 0 radical (unpaired) electrons. The minimum atomic E-state index is 0.779. The highest BCUT2D eigenvalue weighted by molar-refractivity contribution is 6.04. The van der Waals surface area contributed by atoms with E-state index < -0.39 is 0 Å². The number of benzene rings is 10. The van der Waals surface area contributed by atoms with Crippen molar-refractivity contribution in [3.63, 3.8) is 0 Å². The van der Waals surface area contributed by atoms with Crippen molar-refractivity contribution in [2.24, 2.45) is 0 Å². The second-order valence-corrected chi connectivity index (χ2v) is 20.0. The molecule has 6 heteroatoms. The molecule has 13 rings (SSSR count). The standard InChI is InChI=1S/C66H57N6/c1-46-61(37-67-28-31-70(43-67)40-64-55-22-10-4-16-49(55)34-50-17-5-11-23-56(50)64)47(2)63(39-69-30-33-72(45-69)42-66-59-26-14-8-20-53(59)36-54-21-9-15-27-60(54)66)48(3)62(46)38-68-29-32-71(44-68)41-65-57-24-12-6-18-51(57)35-52-19-7-13-25-58(52)65/h4-36,43-45H,37-42H2,1-3H3/q+3. The third-order valence-corrected chi connectivity index (χ3v) is 15.6. The highest BCUT2D eigenvalue weighted by Gasteiger charge is 2.24. The van der Waals surface area contributed by atoms with Gasteiger partial charge in [0.05, 0.1) is 0 Å². The number of aromatic nitrogens is 6. The van der Waals surface area contributed by atoms with Crippen molar-refractivity contribution < 1.29 is 13.7 Å². The molecule has 3 aromatic heterocycles. The Morgan fingerprint density at radius 3 is 0.750 bits per heavy atom. The lowest BCUT2D eigenvalue weighted by Gasteiger charge is -2.20. The summed E-state index contributed by atoms with van der Waals surface area (Å²) in [6, 6.07) is 59.8. The van der Waals surface area contributed by atoms with Crippen LogP contribution >= 0.6 is 0 Å². The Hall–Kier alpha value is -8.61. The Morgan fingerprint density at radius 2 is 0.514 bits per heavy atom. The van der Waals surface area contributed by atoms with Gasteiger partial charge in [0.2, 0.25) is 19.0 Å². The Kier molecular flexibility index (Phi) is 10.8. The lowest BCUT2D eigenvalue weighted by Crippen LogP contribution is -2.32. The minimum Gasteiger partial charge on any atom is -0.233 e. The maximum atomic E-state index is 2.38. The van der Waals surface area contributed by atoms with Crippen LogP contribution in [0.3, 0.4) is 0 Å². The molecule has 0 aliphatic carbocycles. The zero-order chi connectivity index (χ0) is 48.3. The molecule has 0 aliphatic rings. The van der Waals surface area contributed by atoms with Crippen LogP contribution < -0.4 is 13.7 Å². The average molecular weight is 934 g/mol. The van der Waals surface area contributed by atoms with E-state index >= 15 is 0 Å². The van der Waals surface area contributed by atoms with Crippen LogP contribution in [0.1, 0.15) is 50.1 Å². The van der Waals surface area contributed by atoms with Crippen molar-refractivity contribution in [2.45, 2.75) is 60.0 Å². The highest BCUT2D eigenvalue weighted by atomic mass is 15.1. The van der Waals surface area contributed by atoms with Crippen LogP contribution in [-0.4, -0.2) is 13.7 Å². The number of imidazole rings is 3. The van der Waals surface area contributed by atoms with Crippen molar-refractivity contribution in [2.75, 3.05) is 0 Å². The van der Waals surface area contributed by atoms with Gasteiger partial charge in [-0.15, -0.1) is 0 Å². The molecule has 0 atom stereocenters. The predicted molar refractivity (Wildman–Crippen MR) is 294 cm³/mol. The van der Waals surface area contributed by atoms with Gasteiger partial charge in [0.1, 0.15) is 76.4 Å². The molecule has 3 heterocycles. The normalized spacial score (nSPS) is 11.9. The van der Waals surface area contributed by atoms with Crippen molar-refractivity contribution in [1.29, 1.82) is 0 Å². The Bertz CT molecular complexity index is 3610. The van der Waals surface area contributed by atoms with Gasteiger partial charge in [-0.1, -0.05) is 146 Å². The summed E-state index contributed by atoms with van der Waals surface area (Å²) in [5, 5.41) is 15.5. The average Bonchev–Trinajstić information content (AvgIpc) is 4.19. The first-order valence-electron chi connectivity index (χ1n) is 25.3. The van der Waals surface area contributed by atoms with E-state index in [0.29, 0.717) is 0 Å². The van der Waals surface area contributed by atoms with E-state index in [4.69, 9.17) is 0 Å². The summed E-state index contributed by atoms with van der Waals surface area (Å²) in [4.78, 5) is 0. The first-order valence-corrected chi connectivity index (χ1v) is 25.3. The van der Waals surface area contributed by atoms with Crippen molar-refractivity contribution in [3.05, 3.63) is 270 Å². The fourth-order valence-corrected chi connectivity index (χ4v) is 11.9. The maximum absolute atomic E-state index is 2.38. The second kappa shape index (κ2) is 18.0. The molecule has 10 aromatic carbocycles.